The zero-order chi connectivity index (χ0) is 17.2. The van der Waals surface area contributed by atoms with Crippen molar-refractivity contribution < 1.29 is 9.53 Å². The van der Waals surface area contributed by atoms with Gasteiger partial charge in [-0.2, -0.15) is 0 Å². The third-order valence-electron chi connectivity index (χ3n) is 4.81. The maximum absolute atomic E-state index is 12.8. The zero-order valence-corrected chi connectivity index (χ0v) is 14.2. The van der Waals surface area contributed by atoms with Gasteiger partial charge in [-0.15, -0.1) is 0 Å². The molecule has 1 N–H and O–H groups in total. The highest BCUT2D eigenvalue weighted by atomic mass is 16.5. The highest BCUT2D eigenvalue weighted by Gasteiger charge is 2.31. The lowest BCUT2D eigenvalue weighted by atomic mass is 10.1. The number of ether oxygens (including phenoxy) is 1. The van der Waals surface area contributed by atoms with Crippen LogP contribution in [0.3, 0.4) is 0 Å². The number of amides is 1. The highest BCUT2D eigenvalue weighted by Crippen LogP contribution is 2.32. The topological polar surface area (TPSA) is 58.2 Å². The summed E-state index contributed by atoms with van der Waals surface area (Å²) in [6.07, 6.45) is 2.37. The second kappa shape index (κ2) is 6.59. The number of carbonyl (C=O) groups excluding carboxylic acids is 1. The van der Waals surface area contributed by atoms with Crippen molar-refractivity contribution in [1.82, 2.24) is 14.9 Å². The molecular weight excluding hydrogens is 314 g/mol. The van der Waals surface area contributed by atoms with E-state index < -0.39 is 0 Å². The summed E-state index contributed by atoms with van der Waals surface area (Å²) >= 11 is 0. The molecule has 5 nitrogen and oxygen atoms in total. The Labute approximate surface area is 146 Å². The fourth-order valence-electron chi connectivity index (χ4n) is 3.50. The normalized spacial score (nSPS) is 17.2. The summed E-state index contributed by atoms with van der Waals surface area (Å²) < 4.78 is 5.17. The molecule has 128 valence electrons. The van der Waals surface area contributed by atoms with E-state index in [-0.39, 0.29) is 11.9 Å². The molecule has 1 aromatic heterocycles. The highest BCUT2D eigenvalue weighted by molar-refractivity contribution is 5.80. The SMILES string of the molecule is COc1ccc(CC(=O)N2CCCC2c2nc3ccccc3[nH]2)cc1. The number of para-hydroxylation sites is 2. The number of H-pyrrole nitrogens is 1. The van der Waals surface area contributed by atoms with Gasteiger partial charge in [0.2, 0.25) is 5.91 Å². The van der Waals surface area contributed by atoms with Crippen molar-refractivity contribution in [2.24, 2.45) is 0 Å². The van der Waals surface area contributed by atoms with Crippen molar-refractivity contribution in [1.29, 1.82) is 0 Å². The maximum Gasteiger partial charge on any atom is 0.227 e. The Morgan fingerprint density at radius 3 is 2.80 bits per heavy atom. The van der Waals surface area contributed by atoms with Crippen LogP contribution in [0.15, 0.2) is 48.5 Å². The monoisotopic (exact) mass is 335 g/mol. The van der Waals surface area contributed by atoms with Gasteiger partial charge >= 0.3 is 0 Å². The summed E-state index contributed by atoms with van der Waals surface area (Å²) in [6.45, 7) is 0.788. The third-order valence-corrected chi connectivity index (χ3v) is 4.81. The average Bonchev–Trinajstić information content (AvgIpc) is 3.28. The summed E-state index contributed by atoms with van der Waals surface area (Å²) in [5.41, 5.74) is 2.97. The molecule has 1 amide bonds. The number of nitrogens with zero attached hydrogens (tertiary/aromatic N) is 2. The maximum atomic E-state index is 12.8. The van der Waals surface area contributed by atoms with Gasteiger partial charge in [0.05, 0.1) is 30.6 Å². The second-order valence-corrected chi connectivity index (χ2v) is 6.41. The number of aromatic amines is 1. The van der Waals surface area contributed by atoms with E-state index in [1.165, 1.54) is 0 Å². The Hall–Kier alpha value is -2.82. The van der Waals surface area contributed by atoms with E-state index in [1.54, 1.807) is 7.11 Å². The number of methoxy groups -OCH3 is 1. The number of hydrogen-bond acceptors (Lipinski definition) is 3. The molecule has 0 saturated carbocycles. The molecule has 5 heteroatoms. The summed E-state index contributed by atoms with van der Waals surface area (Å²) in [6, 6.07) is 15.7. The second-order valence-electron chi connectivity index (χ2n) is 6.41. The van der Waals surface area contributed by atoms with E-state index in [1.807, 2.05) is 53.4 Å². The molecule has 1 fully saturated rings. The first kappa shape index (κ1) is 15.7. The first-order valence-corrected chi connectivity index (χ1v) is 8.61. The van der Waals surface area contributed by atoms with Crippen LogP contribution in [0.25, 0.3) is 11.0 Å². The van der Waals surface area contributed by atoms with Gasteiger partial charge in [-0.3, -0.25) is 4.79 Å². The fraction of sp³-hybridized carbons (Fsp3) is 0.300. The van der Waals surface area contributed by atoms with Crippen LogP contribution >= 0.6 is 0 Å². The molecule has 0 radical (unpaired) electrons. The predicted molar refractivity (Wildman–Crippen MR) is 96.5 cm³/mol. The summed E-state index contributed by atoms with van der Waals surface area (Å²) in [5, 5.41) is 0. The molecule has 1 saturated heterocycles. The Morgan fingerprint density at radius 2 is 2.04 bits per heavy atom. The minimum Gasteiger partial charge on any atom is -0.497 e. The number of hydrogen-bond donors (Lipinski definition) is 1. The van der Waals surface area contributed by atoms with Gasteiger partial charge < -0.3 is 14.6 Å². The van der Waals surface area contributed by atoms with Crippen LogP contribution in [-0.4, -0.2) is 34.4 Å². The zero-order valence-electron chi connectivity index (χ0n) is 14.2. The van der Waals surface area contributed by atoms with Crippen LogP contribution in [0, 0.1) is 0 Å². The van der Waals surface area contributed by atoms with E-state index in [4.69, 9.17) is 9.72 Å². The molecular formula is C20H21N3O2. The largest absolute Gasteiger partial charge is 0.497 e. The van der Waals surface area contributed by atoms with E-state index in [9.17, 15) is 4.79 Å². The van der Waals surface area contributed by atoms with Crippen molar-refractivity contribution in [2.75, 3.05) is 13.7 Å². The lowest BCUT2D eigenvalue weighted by Crippen LogP contribution is -2.32. The predicted octanol–water partition coefficient (Wildman–Crippen LogP) is 3.48. The average molecular weight is 335 g/mol. The van der Waals surface area contributed by atoms with E-state index in [0.29, 0.717) is 6.42 Å². The van der Waals surface area contributed by atoms with E-state index >= 15 is 0 Å². The van der Waals surface area contributed by atoms with Gasteiger partial charge in [0.1, 0.15) is 11.6 Å². The minimum atomic E-state index is 0.0400. The fourth-order valence-corrected chi connectivity index (χ4v) is 3.50. The molecule has 1 aliphatic rings. The molecule has 0 spiro atoms. The number of benzene rings is 2. The molecule has 0 bridgehead atoms. The third kappa shape index (κ3) is 3.09. The molecule has 1 aliphatic heterocycles. The Balaban J connectivity index is 1.52. The van der Waals surface area contributed by atoms with Crippen molar-refractivity contribution in [3.8, 4) is 5.75 Å². The molecule has 2 heterocycles. The van der Waals surface area contributed by atoms with Crippen molar-refractivity contribution >= 4 is 16.9 Å². The summed E-state index contributed by atoms with van der Waals surface area (Å²) in [7, 11) is 1.64. The van der Waals surface area contributed by atoms with Crippen molar-refractivity contribution in [2.45, 2.75) is 25.3 Å². The number of rotatable bonds is 4. The Bertz CT molecular complexity index is 852. The van der Waals surface area contributed by atoms with E-state index in [2.05, 4.69) is 4.98 Å². The van der Waals surface area contributed by atoms with Gasteiger partial charge in [0.15, 0.2) is 0 Å². The summed E-state index contributed by atoms with van der Waals surface area (Å²) in [4.78, 5) is 22.9. The van der Waals surface area contributed by atoms with E-state index in [0.717, 1.165) is 47.6 Å². The van der Waals surface area contributed by atoms with Crippen LogP contribution in [0.4, 0.5) is 0 Å². The van der Waals surface area contributed by atoms with Crippen LogP contribution in [0.5, 0.6) is 5.75 Å². The molecule has 2 aromatic carbocycles. The molecule has 0 aliphatic carbocycles. The van der Waals surface area contributed by atoms with Crippen LogP contribution in [0.2, 0.25) is 0 Å². The standard InChI is InChI=1S/C20H21N3O2/c1-25-15-10-8-14(9-11-15)13-19(24)23-12-4-7-18(23)20-21-16-5-2-3-6-17(16)22-20/h2-3,5-6,8-11,18H,4,7,12-13H2,1H3,(H,21,22). The van der Waals surface area contributed by atoms with Crippen molar-refractivity contribution in [3.05, 3.63) is 59.9 Å². The number of fused-ring (bicyclic) bond motifs is 1. The molecule has 4 rings (SSSR count). The first-order chi connectivity index (χ1) is 12.2. The van der Waals surface area contributed by atoms with Gasteiger partial charge in [-0.1, -0.05) is 24.3 Å². The lowest BCUT2D eigenvalue weighted by molar-refractivity contribution is -0.131. The number of imidazole rings is 1. The van der Waals surface area contributed by atoms with Crippen molar-refractivity contribution in [3.63, 3.8) is 0 Å². The van der Waals surface area contributed by atoms with Crippen LogP contribution in [-0.2, 0) is 11.2 Å². The molecule has 25 heavy (non-hydrogen) atoms. The Kier molecular flexibility index (Phi) is 4.14. The van der Waals surface area contributed by atoms with Gasteiger partial charge in [0, 0.05) is 6.54 Å². The number of aromatic nitrogens is 2. The van der Waals surface area contributed by atoms with Gasteiger partial charge in [0.25, 0.3) is 0 Å². The lowest BCUT2D eigenvalue weighted by Gasteiger charge is -2.23. The summed E-state index contributed by atoms with van der Waals surface area (Å²) in [5.74, 6) is 1.84. The van der Waals surface area contributed by atoms with Gasteiger partial charge in [-0.25, -0.2) is 4.98 Å². The number of nitrogens with one attached hydrogen (secondary N) is 1. The van der Waals surface area contributed by atoms with Crippen LogP contribution in [0.1, 0.15) is 30.3 Å². The molecule has 1 atom stereocenters. The quantitative estimate of drug-likeness (QED) is 0.794. The van der Waals surface area contributed by atoms with Crippen LogP contribution < -0.4 is 4.74 Å². The Morgan fingerprint density at radius 1 is 1.24 bits per heavy atom. The minimum absolute atomic E-state index is 0.0400. The van der Waals surface area contributed by atoms with Gasteiger partial charge in [-0.05, 0) is 42.7 Å². The smallest absolute Gasteiger partial charge is 0.227 e. The number of likely N-dealkylation sites (tertiary alicyclic amines) is 1. The first-order valence-electron chi connectivity index (χ1n) is 8.61. The molecule has 3 aromatic rings. The number of carbonyl (C=O) groups is 1. The molecule has 1 unspecified atom stereocenters.